The van der Waals surface area contributed by atoms with E-state index in [0.717, 1.165) is 18.5 Å². The van der Waals surface area contributed by atoms with Crippen molar-refractivity contribution < 1.29 is 9.59 Å². The molecule has 0 bridgehead atoms. The van der Waals surface area contributed by atoms with Crippen molar-refractivity contribution >= 4 is 23.2 Å². The second-order valence-electron chi connectivity index (χ2n) is 4.85. The van der Waals surface area contributed by atoms with E-state index >= 15 is 0 Å². The molecule has 2 amide bonds. The lowest BCUT2D eigenvalue weighted by molar-refractivity contribution is -0.118. The molecule has 0 unspecified atom stereocenters. The van der Waals surface area contributed by atoms with Crippen LogP contribution >= 0.6 is 0 Å². The Morgan fingerprint density at radius 2 is 1.95 bits per heavy atom. The molecule has 0 aliphatic carbocycles. The topological polar surface area (TPSA) is 101 Å². The molecule has 0 fully saturated rings. The van der Waals surface area contributed by atoms with E-state index in [4.69, 9.17) is 11.5 Å². The number of carbonyl (C=O) groups is 2. The number of hydrogen-bond acceptors (Lipinski definition) is 4. The Bertz CT molecular complexity index is 486. The molecule has 0 atom stereocenters. The first-order chi connectivity index (χ1) is 9.41. The molecule has 0 saturated heterocycles. The number of nitrogens with zero attached hydrogens (tertiary/aromatic N) is 1. The highest BCUT2D eigenvalue weighted by molar-refractivity contribution is 5.95. The van der Waals surface area contributed by atoms with Gasteiger partial charge in [-0.15, -0.1) is 0 Å². The summed E-state index contributed by atoms with van der Waals surface area (Å²) in [6.07, 6.45) is 1.98. The molecular weight excluding hydrogens is 256 g/mol. The van der Waals surface area contributed by atoms with E-state index in [1.54, 1.807) is 32.3 Å². The number of carbonyl (C=O) groups excluding carboxylic acids is 2. The molecule has 1 aromatic rings. The normalized spacial score (nSPS) is 10.1. The predicted octanol–water partition coefficient (Wildman–Crippen LogP) is 1.04. The molecule has 0 aromatic heterocycles. The molecule has 0 aliphatic rings. The standard InChI is InChI=1S/C14H22N4O2/c1-18(2)14(20)10-6-7-12(11(15)9-10)17-8-4-3-5-13(16)19/h6-7,9,17H,3-5,8,15H2,1-2H3,(H2,16,19). The number of primary amides is 1. The van der Waals surface area contributed by atoms with Crippen molar-refractivity contribution in [2.24, 2.45) is 5.73 Å². The quantitative estimate of drug-likeness (QED) is 0.512. The second-order valence-corrected chi connectivity index (χ2v) is 4.85. The van der Waals surface area contributed by atoms with Gasteiger partial charge in [0.15, 0.2) is 0 Å². The van der Waals surface area contributed by atoms with E-state index in [9.17, 15) is 9.59 Å². The zero-order chi connectivity index (χ0) is 15.1. The summed E-state index contributed by atoms with van der Waals surface area (Å²) in [6.45, 7) is 0.707. The maximum absolute atomic E-state index is 11.8. The van der Waals surface area contributed by atoms with Gasteiger partial charge in [0.1, 0.15) is 0 Å². The lowest BCUT2D eigenvalue weighted by Crippen LogP contribution is -2.21. The third-order valence-corrected chi connectivity index (χ3v) is 2.87. The molecule has 0 saturated carbocycles. The largest absolute Gasteiger partial charge is 0.397 e. The molecule has 0 radical (unpaired) electrons. The minimum Gasteiger partial charge on any atom is -0.397 e. The Kier molecular flexibility index (Phi) is 5.83. The number of unbranched alkanes of at least 4 members (excludes halogenated alkanes) is 1. The van der Waals surface area contributed by atoms with Crippen molar-refractivity contribution in [2.45, 2.75) is 19.3 Å². The number of nitrogens with one attached hydrogen (secondary N) is 1. The van der Waals surface area contributed by atoms with E-state index in [1.807, 2.05) is 0 Å². The molecule has 0 aliphatic heterocycles. The summed E-state index contributed by atoms with van der Waals surface area (Å²) in [5, 5.41) is 3.18. The molecule has 5 N–H and O–H groups in total. The van der Waals surface area contributed by atoms with E-state index in [0.29, 0.717) is 24.2 Å². The molecule has 6 heteroatoms. The van der Waals surface area contributed by atoms with Gasteiger partial charge < -0.3 is 21.7 Å². The lowest BCUT2D eigenvalue weighted by Gasteiger charge is -2.13. The number of benzene rings is 1. The summed E-state index contributed by atoms with van der Waals surface area (Å²) in [5.74, 6) is -0.360. The van der Waals surface area contributed by atoms with E-state index in [2.05, 4.69) is 5.32 Å². The SMILES string of the molecule is CN(C)C(=O)c1ccc(NCCCCC(N)=O)c(N)c1. The van der Waals surface area contributed by atoms with Crippen molar-refractivity contribution in [1.82, 2.24) is 4.90 Å². The first kappa shape index (κ1) is 15.8. The molecular formula is C14H22N4O2. The highest BCUT2D eigenvalue weighted by atomic mass is 16.2. The average molecular weight is 278 g/mol. The molecule has 20 heavy (non-hydrogen) atoms. The molecule has 0 heterocycles. The summed E-state index contributed by atoms with van der Waals surface area (Å²) >= 11 is 0. The van der Waals surface area contributed by atoms with Crippen LogP contribution in [0.5, 0.6) is 0 Å². The monoisotopic (exact) mass is 278 g/mol. The van der Waals surface area contributed by atoms with Crippen LogP contribution in [-0.2, 0) is 4.79 Å². The van der Waals surface area contributed by atoms with Crippen LogP contribution < -0.4 is 16.8 Å². The van der Waals surface area contributed by atoms with Gasteiger partial charge in [0, 0.05) is 32.6 Å². The van der Waals surface area contributed by atoms with E-state index < -0.39 is 0 Å². The van der Waals surface area contributed by atoms with Gasteiger partial charge in [0.05, 0.1) is 11.4 Å². The van der Waals surface area contributed by atoms with Crippen molar-refractivity contribution in [1.29, 1.82) is 0 Å². The van der Waals surface area contributed by atoms with Crippen molar-refractivity contribution in [3.05, 3.63) is 23.8 Å². The lowest BCUT2D eigenvalue weighted by atomic mass is 10.1. The van der Waals surface area contributed by atoms with Crippen molar-refractivity contribution in [3.63, 3.8) is 0 Å². The molecule has 0 spiro atoms. The number of hydrogen-bond donors (Lipinski definition) is 3. The van der Waals surface area contributed by atoms with Crippen LogP contribution in [0.25, 0.3) is 0 Å². The van der Waals surface area contributed by atoms with Gasteiger partial charge in [0.25, 0.3) is 5.91 Å². The van der Waals surface area contributed by atoms with Crippen LogP contribution in [0.1, 0.15) is 29.6 Å². The fourth-order valence-corrected chi connectivity index (χ4v) is 1.76. The second kappa shape index (κ2) is 7.37. The zero-order valence-electron chi connectivity index (χ0n) is 12.0. The van der Waals surface area contributed by atoms with Gasteiger partial charge in [-0.25, -0.2) is 0 Å². The van der Waals surface area contributed by atoms with Gasteiger partial charge in [-0.1, -0.05) is 0 Å². The minimum absolute atomic E-state index is 0.0790. The summed E-state index contributed by atoms with van der Waals surface area (Å²) in [5.41, 5.74) is 12.9. The summed E-state index contributed by atoms with van der Waals surface area (Å²) in [4.78, 5) is 23.9. The summed E-state index contributed by atoms with van der Waals surface area (Å²) < 4.78 is 0. The van der Waals surface area contributed by atoms with Crippen LogP contribution in [0, 0.1) is 0 Å². The highest BCUT2D eigenvalue weighted by Gasteiger charge is 2.09. The fraction of sp³-hybridized carbons (Fsp3) is 0.429. The van der Waals surface area contributed by atoms with Crippen LogP contribution in [0.2, 0.25) is 0 Å². The Morgan fingerprint density at radius 3 is 2.50 bits per heavy atom. The van der Waals surface area contributed by atoms with Crippen LogP contribution in [-0.4, -0.2) is 37.4 Å². The van der Waals surface area contributed by atoms with Gasteiger partial charge in [0.2, 0.25) is 5.91 Å². The Morgan fingerprint density at radius 1 is 1.25 bits per heavy atom. The van der Waals surface area contributed by atoms with Gasteiger partial charge in [-0.2, -0.15) is 0 Å². The summed E-state index contributed by atoms with van der Waals surface area (Å²) in [7, 11) is 3.40. The Balaban J connectivity index is 2.52. The third kappa shape index (κ3) is 4.79. The van der Waals surface area contributed by atoms with Gasteiger partial charge in [-0.05, 0) is 31.0 Å². The third-order valence-electron chi connectivity index (χ3n) is 2.87. The van der Waals surface area contributed by atoms with Crippen LogP contribution in [0.4, 0.5) is 11.4 Å². The predicted molar refractivity (Wildman–Crippen MR) is 80.4 cm³/mol. The number of rotatable bonds is 7. The van der Waals surface area contributed by atoms with Crippen LogP contribution in [0.15, 0.2) is 18.2 Å². The first-order valence-electron chi connectivity index (χ1n) is 6.55. The molecule has 6 nitrogen and oxygen atoms in total. The smallest absolute Gasteiger partial charge is 0.253 e. The molecule has 1 rings (SSSR count). The Labute approximate surface area is 119 Å². The number of nitrogens with two attached hydrogens (primary N) is 2. The maximum Gasteiger partial charge on any atom is 0.253 e. The average Bonchev–Trinajstić information content (AvgIpc) is 2.38. The van der Waals surface area contributed by atoms with Gasteiger partial charge >= 0.3 is 0 Å². The van der Waals surface area contributed by atoms with E-state index in [-0.39, 0.29) is 11.8 Å². The van der Waals surface area contributed by atoms with Crippen molar-refractivity contribution in [3.8, 4) is 0 Å². The number of nitrogen functional groups attached to an aromatic ring is 1. The van der Waals surface area contributed by atoms with E-state index in [1.165, 1.54) is 4.90 Å². The number of anilines is 2. The number of amides is 2. The minimum atomic E-state index is -0.281. The molecule has 1 aromatic carbocycles. The first-order valence-corrected chi connectivity index (χ1v) is 6.55. The maximum atomic E-state index is 11.8. The molecule has 110 valence electrons. The zero-order valence-corrected chi connectivity index (χ0v) is 12.0. The van der Waals surface area contributed by atoms with Gasteiger partial charge in [-0.3, -0.25) is 9.59 Å². The highest BCUT2D eigenvalue weighted by Crippen LogP contribution is 2.20. The Hall–Kier alpha value is -2.24. The van der Waals surface area contributed by atoms with Crippen molar-refractivity contribution in [2.75, 3.05) is 31.7 Å². The summed E-state index contributed by atoms with van der Waals surface area (Å²) in [6, 6.07) is 5.19. The fourth-order valence-electron chi connectivity index (χ4n) is 1.76. The van der Waals surface area contributed by atoms with Crippen LogP contribution in [0.3, 0.4) is 0 Å².